The maximum atomic E-state index is 10.6. The maximum Gasteiger partial charge on any atom is 0.152 e. The topological polar surface area (TPSA) is 26.3 Å². The van der Waals surface area contributed by atoms with E-state index in [1.165, 1.54) is 0 Å². The number of rotatable bonds is 5. The molecule has 2 atom stereocenters. The minimum Gasteiger partial charge on any atom is -0.377 e. The lowest BCUT2D eigenvalue weighted by molar-refractivity contribution is -0.112. The fourth-order valence-electron chi connectivity index (χ4n) is 0.963. The SMILES string of the molecule is CCC(C)C(C=CC(C)=O)OC. The van der Waals surface area contributed by atoms with Crippen LogP contribution in [0.15, 0.2) is 12.2 Å². The van der Waals surface area contributed by atoms with Gasteiger partial charge in [0, 0.05) is 7.11 Å². The number of carbonyl (C=O) groups excluding carboxylic acids is 1. The van der Waals surface area contributed by atoms with Crippen molar-refractivity contribution in [3.8, 4) is 0 Å². The number of allylic oxidation sites excluding steroid dienone is 1. The zero-order chi connectivity index (χ0) is 9.56. The molecule has 0 aromatic heterocycles. The third-order valence-corrected chi connectivity index (χ3v) is 2.00. The number of methoxy groups -OCH3 is 1. The standard InChI is InChI=1S/C10H18O2/c1-5-8(2)10(12-4)7-6-9(3)11/h6-8,10H,5H2,1-4H3. The first-order valence-electron chi connectivity index (χ1n) is 4.33. The Bertz CT molecular complexity index is 161. The van der Waals surface area contributed by atoms with E-state index in [9.17, 15) is 4.79 Å². The summed E-state index contributed by atoms with van der Waals surface area (Å²) in [6, 6.07) is 0. The van der Waals surface area contributed by atoms with Gasteiger partial charge < -0.3 is 4.74 Å². The molecule has 0 spiro atoms. The molecule has 70 valence electrons. The van der Waals surface area contributed by atoms with Crippen LogP contribution in [0.4, 0.5) is 0 Å². The Kier molecular flexibility index (Phi) is 5.64. The van der Waals surface area contributed by atoms with Gasteiger partial charge in [0.15, 0.2) is 5.78 Å². The summed E-state index contributed by atoms with van der Waals surface area (Å²) in [6.45, 7) is 5.76. The Morgan fingerprint density at radius 1 is 1.58 bits per heavy atom. The number of ketones is 1. The average molecular weight is 170 g/mol. The molecular formula is C10H18O2. The Balaban J connectivity index is 4.07. The van der Waals surface area contributed by atoms with Crippen LogP contribution in [0.2, 0.25) is 0 Å². The summed E-state index contributed by atoms with van der Waals surface area (Å²) < 4.78 is 5.21. The molecule has 0 aromatic carbocycles. The number of hydrogen-bond acceptors (Lipinski definition) is 2. The lowest BCUT2D eigenvalue weighted by Gasteiger charge is -2.17. The summed E-state index contributed by atoms with van der Waals surface area (Å²) in [4.78, 5) is 10.6. The van der Waals surface area contributed by atoms with Gasteiger partial charge in [0.25, 0.3) is 0 Å². The molecular weight excluding hydrogens is 152 g/mol. The van der Waals surface area contributed by atoms with Crippen molar-refractivity contribution in [3.63, 3.8) is 0 Å². The van der Waals surface area contributed by atoms with E-state index < -0.39 is 0 Å². The van der Waals surface area contributed by atoms with Crippen LogP contribution in [0.5, 0.6) is 0 Å². The summed E-state index contributed by atoms with van der Waals surface area (Å²) in [6.07, 6.45) is 4.52. The molecule has 0 saturated carbocycles. The van der Waals surface area contributed by atoms with Crippen LogP contribution in [-0.2, 0) is 9.53 Å². The molecule has 2 heteroatoms. The zero-order valence-electron chi connectivity index (χ0n) is 8.33. The van der Waals surface area contributed by atoms with E-state index in [2.05, 4.69) is 13.8 Å². The second-order valence-corrected chi connectivity index (χ2v) is 3.06. The van der Waals surface area contributed by atoms with Gasteiger partial charge in [-0.1, -0.05) is 26.3 Å². The third-order valence-electron chi connectivity index (χ3n) is 2.00. The van der Waals surface area contributed by atoms with Crippen LogP contribution in [0.3, 0.4) is 0 Å². The highest BCUT2D eigenvalue weighted by molar-refractivity contribution is 5.87. The van der Waals surface area contributed by atoms with Crippen LogP contribution in [0.25, 0.3) is 0 Å². The smallest absolute Gasteiger partial charge is 0.152 e. The second-order valence-electron chi connectivity index (χ2n) is 3.06. The first-order valence-corrected chi connectivity index (χ1v) is 4.33. The molecule has 0 amide bonds. The first-order chi connectivity index (χ1) is 5.61. The van der Waals surface area contributed by atoms with E-state index in [1.807, 2.05) is 6.08 Å². The number of carbonyl (C=O) groups is 1. The van der Waals surface area contributed by atoms with E-state index >= 15 is 0 Å². The molecule has 0 aliphatic carbocycles. The highest BCUT2D eigenvalue weighted by Gasteiger charge is 2.10. The summed E-state index contributed by atoms with van der Waals surface area (Å²) >= 11 is 0. The van der Waals surface area contributed by atoms with Gasteiger partial charge in [-0.2, -0.15) is 0 Å². The molecule has 0 bridgehead atoms. The largest absolute Gasteiger partial charge is 0.377 e. The van der Waals surface area contributed by atoms with Crippen molar-refractivity contribution >= 4 is 5.78 Å². The van der Waals surface area contributed by atoms with Crippen LogP contribution < -0.4 is 0 Å². The Hall–Kier alpha value is -0.630. The lowest BCUT2D eigenvalue weighted by Crippen LogP contribution is -2.17. The van der Waals surface area contributed by atoms with E-state index in [0.29, 0.717) is 5.92 Å². The zero-order valence-corrected chi connectivity index (χ0v) is 8.33. The maximum absolute atomic E-state index is 10.6. The molecule has 0 radical (unpaired) electrons. The van der Waals surface area contributed by atoms with Crippen molar-refractivity contribution in [1.82, 2.24) is 0 Å². The van der Waals surface area contributed by atoms with Crippen molar-refractivity contribution in [1.29, 1.82) is 0 Å². The minimum absolute atomic E-state index is 0.0684. The monoisotopic (exact) mass is 170 g/mol. The van der Waals surface area contributed by atoms with Gasteiger partial charge in [0.2, 0.25) is 0 Å². The normalized spacial score (nSPS) is 16.3. The van der Waals surface area contributed by atoms with Crippen molar-refractivity contribution in [2.24, 2.45) is 5.92 Å². The molecule has 0 aromatic rings. The predicted octanol–water partition coefficient (Wildman–Crippen LogP) is 2.19. The van der Waals surface area contributed by atoms with E-state index in [-0.39, 0.29) is 11.9 Å². The molecule has 2 nitrogen and oxygen atoms in total. The van der Waals surface area contributed by atoms with Gasteiger partial charge in [-0.3, -0.25) is 4.79 Å². The Labute approximate surface area is 74.6 Å². The van der Waals surface area contributed by atoms with Gasteiger partial charge in [0.05, 0.1) is 6.10 Å². The van der Waals surface area contributed by atoms with E-state index in [1.54, 1.807) is 20.1 Å². The van der Waals surface area contributed by atoms with Crippen LogP contribution in [-0.4, -0.2) is 19.0 Å². The molecule has 0 saturated heterocycles. The minimum atomic E-state index is 0.0684. The van der Waals surface area contributed by atoms with Gasteiger partial charge in [-0.25, -0.2) is 0 Å². The summed E-state index contributed by atoms with van der Waals surface area (Å²) in [5, 5.41) is 0. The Morgan fingerprint density at radius 2 is 2.17 bits per heavy atom. The summed E-state index contributed by atoms with van der Waals surface area (Å²) in [5.74, 6) is 0.533. The summed E-state index contributed by atoms with van der Waals surface area (Å²) in [7, 11) is 1.67. The van der Waals surface area contributed by atoms with E-state index in [4.69, 9.17) is 4.74 Å². The van der Waals surface area contributed by atoms with Gasteiger partial charge >= 0.3 is 0 Å². The van der Waals surface area contributed by atoms with Gasteiger partial charge in [0.1, 0.15) is 0 Å². The number of ether oxygens (including phenoxy) is 1. The molecule has 2 unspecified atom stereocenters. The van der Waals surface area contributed by atoms with Crippen molar-refractivity contribution in [3.05, 3.63) is 12.2 Å². The summed E-state index contributed by atoms with van der Waals surface area (Å²) in [5.41, 5.74) is 0. The number of hydrogen-bond donors (Lipinski definition) is 0. The highest BCUT2D eigenvalue weighted by atomic mass is 16.5. The molecule has 0 fully saturated rings. The predicted molar refractivity (Wildman–Crippen MR) is 50.1 cm³/mol. The second kappa shape index (κ2) is 5.95. The fraction of sp³-hybridized carbons (Fsp3) is 0.700. The van der Waals surface area contributed by atoms with Crippen LogP contribution in [0.1, 0.15) is 27.2 Å². The fourth-order valence-corrected chi connectivity index (χ4v) is 0.963. The van der Waals surface area contributed by atoms with Gasteiger partial charge in [-0.15, -0.1) is 0 Å². The molecule has 0 aliphatic rings. The lowest BCUT2D eigenvalue weighted by atomic mass is 10.0. The van der Waals surface area contributed by atoms with E-state index in [0.717, 1.165) is 6.42 Å². The van der Waals surface area contributed by atoms with Crippen molar-refractivity contribution in [2.45, 2.75) is 33.3 Å². The molecule has 0 N–H and O–H groups in total. The molecule has 12 heavy (non-hydrogen) atoms. The Morgan fingerprint density at radius 3 is 2.50 bits per heavy atom. The van der Waals surface area contributed by atoms with Crippen molar-refractivity contribution in [2.75, 3.05) is 7.11 Å². The average Bonchev–Trinajstić information content (AvgIpc) is 2.04. The first kappa shape index (κ1) is 11.4. The van der Waals surface area contributed by atoms with Crippen LogP contribution in [0, 0.1) is 5.92 Å². The quantitative estimate of drug-likeness (QED) is 0.591. The molecule has 0 aliphatic heterocycles. The third kappa shape index (κ3) is 4.29. The highest BCUT2D eigenvalue weighted by Crippen LogP contribution is 2.11. The van der Waals surface area contributed by atoms with Gasteiger partial charge in [-0.05, 0) is 18.9 Å². The van der Waals surface area contributed by atoms with Crippen LogP contribution >= 0.6 is 0 Å². The molecule has 0 rings (SSSR count). The molecule has 0 heterocycles. The van der Waals surface area contributed by atoms with Crippen molar-refractivity contribution < 1.29 is 9.53 Å².